The molecule has 2 heterocycles. The molecule has 0 fully saturated rings. The van der Waals surface area contributed by atoms with E-state index in [1.54, 1.807) is 6.07 Å². The van der Waals surface area contributed by atoms with E-state index in [0.29, 0.717) is 34.8 Å². The van der Waals surface area contributed by atoms with Crippen molar-refractivity contribution in [1.29, 1.82) is 0 Å². The molecule has 0 saturated carbocycles. The lowest BCUT2D eigenvalue weighted by atomic mass is 10.2. The molecule has 1 unspecified atom stereocenters. The fraction of sp³-hybridized carbons (Fsp3) is 0.519. The number of imidazole rings is 1. The van der Waals surface area contributed by atoms with Gasteiger partial charge in [-0.05, 0) is 60.5 Å². The van der Waals surface area contributed by atoms with Gasteiger partial charge in [-0.2, -0.15) is 0 Å². The van der Waals surface area contributed by atoms with Crippen molar-refractivity contribution in [2.45, 2.75) is 83.9 Å². The van der Waals surface area contributed by atoms with Gasteiger partial charge in [-0.3, -0.25) is 4.79 Å². The Balaban J connectivity index is 1.98. The largest absolute Gasteiger partial charge is 0.414 e. The minimum absolute atomic E-state index is 0.0199. The lowest BCUT2D eigenvalue weighted by Gasteiger charge is -2.41. The summed E-state index contributed by atoms with van der Waals surface area (Å²) in [6.07, 6.45) is 1.08. The molecule has 1 amide bonds. The smallest absolute Gasteiger partial charge is 0.257 e. The van der Waals surface area contributed by atoms with Crippen LogP contribution in [0.25, 0.3) is 11.2 Å². The predicted octanol–water partition coefficient (Wildman–Crippen LogP) is 8.09. The number of fused-ring (bicyclic) bond motifs is 1. The van der Waals surface area contributed by atoms with Crippen LogP contribution in [0, 0.1) is 5.82 Å². The van der Waals surface area contributed by atoms with Crippen LogP contribution in [0.3, 0.4) is 0 Å². The average Bonchev–Trinajstić information content (AvgIpc) is 3.21. The fourth-order valence-electron chi connectivity index (χ4n) is 3.24. The summed E-state index contributed by atoms with van der Waals surface area (Å²) in [4.78, 5) is 25.6. The van der Waals surface area contributed by atoms with Gasteiger partial charge in [0.25, 0.3) is 5.91 Å². The Morgan fingerprint density at radius 1 is 1.08 bits per heavy atom. The van der Waals surface area contributed by atoms with Crippen molar-refractivity contribution in [3.8, 4) is 0 Å². The molecule has 11 heteroatoms. The molecule has 38 heavy (non-hydrogen) atoms. The van der Waals surface area contributed by atoms with E-state index >= 15 is 0 Å². The Morgan fingerprint density at radius 2 is 1.71 bits per heavy atom. The number of nitrogens with zero attached hydrogens (tertiary/aromatic N) is 2. The van der Waals surface area contributed by atoms with Crippen molar-refractivity contribution in [3.05, 3.63) is 52.7 Å². The topological polar surface area (TPSA) is 89.1 Å². The maximum atomic E-state index is 13.6. The number of aromatic amines is 1. The van der Waals surface area contributed by atoms with Crippen LogP contribution >= 0.6 is 11.6 Å². The van der Waals surface area contributed by atoms with E-state index in [4.69, 9.17) is 25.4 Å². The molecule has 0 saturated heterocycles. The lowest BCUT2D eigenvalue weighted by Crippen LogP contribution is -2.45. The van der Waals surface area contributed by atoms with E-state index in [0.717, 1.165) is 0 Å². The third-order valence-electron chi connectivity index (χ3n) is 7.78. The monoisotopic (exact) mass is 578 g/mol. The van der Waals surface area contributed by atoms with Crippen LogP contribution in [0.5, 0.6) is 0 Å². The molecule has 2 aromatic heterocycles. The molecule has 0 radical (unpaired) electrons. The number of H-pyrrole nitrogens is 1. The normalized spacial score (nSPS) is 14.1. The highest BCUT2D eigenvalue weighted by Crippen LogP contribution is 2.41. The van der Waals surface area contributed by atoms with E-state index < -0.39 is 34.5 Å². The van der Waals surface area contributed by atoms with Gasteiger partial charge in [-0.15, -0.1) is 0 Å². The molecule has 3 rings (SSSR count). The number of amides is 1. The van der Waals surface area contributed by atoms with E-state index in [2.05, 4.69) is 83.0 Å². The van der Waals surface area contributed by atoms with Gasteiger partial charge in [0.05, 0.1) is 22.7 Å². The number of rotatable bonds is 8. The first-order chi connectivity index (χ1) is 17.3. The van der Waals surface area contributed by atoms with E-state index in [1.807, 2.05) is 0 Å². The van der Waals surface area contributed by atoms with Gasteiger partial charge in [0.2, 0.25) is 0 Å². The standard InChI is InChI=1S/C27H40ClFN4O3Si2/c1-26(2,3)37(7,8)35-16-21(36-38(9,10)27(4,5)6)23-32-22-18(13-14-30-24(22)33-23)25(34)31-17-11-12-20(29)19(28)15-17/h11-15,21H,16H2,1-10H3,(H,31,34)(H,30,32,33). The Hall–Kier alpha value is -2.12. The van der Waals surface area contributed by atoms with Crippen molar-refractivity contribution in [1.82, 2.24) is 15.0 Å². The summed E-state index contributed by atoms with van der Waals surface area (Å²) in [5.41, 5.74) is 1.63. The molecule has 2 N–H and O–H groups in total. The quantitative estimate of drug-likeness (QED) is 0.264. The summed E-state index contributed by atoms with van der Waals surface area (Å²) in [5.74, 6) is -0.377. The molecular formula is C27H40ClFN4O3Si2. The third kappa shape index (κ3) is 6.71. The molecule has 0 bridgehead atoms. The highest BCUT2D eigenvalue weighted by molar-refractivity contribution is 6.74. The molecular weight excluding hydrogens is 539 g/mol. The summed E-state index contributed by atoms with van der Waals surface area (Å²) in [7, 11) is -4.27. The second kappa shape index (κ2) is 10.8. The summed E-state index contributed by atoms with van der Waals surface area (Å²) >= 11 is 5.88. The molecule has 0 spiro atoms. The molecule has 0 aliphatic heterocycles. The van der Waals surface area contributed by atoms with Gasteiger partial charge in [0, 0.05) is 11.9 Å². The molecule has 1 atom stereocenters. The number of benzene rings is 1. The average molecular weight is 579 g/mol. The van der Waals surface area contributed by atoms with Crippen molar-refractivity contribution in [3.63, 3.8) is 0 Å². The fourth-order valence-corrected chi connectivity index (χ4v) is 5.67. The van der Waals surface area contributed by atoms with Crippen LogP contribution in [0.2, 0.25) is 41.3 Å². The number of pyridine rings is 1. The van der Waals surface area contributed by atoms with Crippen LogP contribution < -0.4 is 5.32 Å². The first-order valence-corrected chi connectivity index (χ1v) is 18.9. The molecule has 0 aliphatic rings. The number of carbonyl (C=O) groups excluding carboxylic acids is 1. The van der Waals surface area contributed by atoms with Crippen molar-refractivity contribution >= 4 is 51.0 Å². The predicted molar refractivity (Wildman–Crippen MR) is 157 cm³/mol. The lowest BCUT2D eigenvalue weighted by molar-refractivity contribution is 0.102. The minimum atomic E-state index is -2.21. The van der Waals surface area contributed by atoms with Crippen LogP contribution in [0.1, 0.15) is 63.8 Å². The van der Waals surface area contributed by atoms with Gasteiger partial charge in [0.1, 0.15) is 17.7 Å². The number of nitrogens with one attached hydrogen (secondary N) is 2. The second-order valence-corrected chi connectivity index (χ2v) is 22.7. The number of halogens is 2. The Labute approximate surface area is 232 Å². The zero-order valence-electron chi connectivity index (χ0n) is 24.0. The van der Waals surface area contributed by atoms with E-state index in [1.165, 1.54) is 24.4 Å². The van der Waals surface area contributed by atoms with E-state index in [-0.39, 0.29) is 15.1 Å². The maximum Gasteiger partial charge on any atom is 0.257 e. The van der Waals surface area contributed by atoms with Gasteiger partial charge in [-0.25, -0.2) is 14.4 Å². The SMILES string of the molecule is CC(C)(C)[Si](C)(C)OCC(O[Si](C)(C)C(C)(C)C)c1nc2nccc(C(=O)Nc3ccc(F)c(Cl)c3)c2[nH]1. The van der Waals surface area contributed by atoms with Crippen molar-refractivity contribution < 1.29 is 18.0 Å². The Morgan fingerprint density at radius 3 is 2.29 bits per heavy atom. The Kier molecular flexibility index (Phi) is 8.65. The first kappa shape index (κ1) is 30.4. The molecule has 1 aromatic carbocycles. The summed E-state index contributed by atoms with van der Waals surface area (Å²) in [6, 6.07) is 5.64. The van der Waals surface area contributed by atoms with Gasteiger partial charge < -0.3 is 19.2 Å². The molecule has 7 nitrogen and oxygen atoms in total. The molecule has 0 aliphatic carbocycles. The van der Waals surface area contributed by atoms with Crippen molar-refractivity contribution in [2.75, 3.05) is 11.9 Å². The first-order valence-electron chi connectivity index (χ1n) is 12.8. The maximum absolute atomic E-state index is 13.6. The summed E-state index contributed by atoms with van der Waals surface area (Å²) in [5, 5.41) is 2.72. The number of carbonyl (C=O) groups is 1. The number of hydrogen-bond donors (Lipinski definition) is 2. The second-order valence-electron chi connectivity index (χ2n) is 12.7. The van der Waals surface area contributed by atoms with Crippen molar-refractivity contribution in [2.24, 2.45) is 0 Å². The summed E-state index contributed by atoms with van der Waals surface area (Å²) < 4.78 is 26.9. The third-order valence-corrected chi connectivity index (χ3v) is 17.1. The highest BCUT2D eigenvalue weighted by atomic mass is 35.5. The number of anilines is 1. The molecule has 3 aromatic rings. The van der Waals surface area contributed by atoms with Crippen LogP contribution in [-0.2, 0) is 8.85 Å². The van der Waals surface area contributed by atoms with Gasteiger partial charge in [-0.1, -0.05) is 53.1 Å². The summed E-state index contributed by atoms with van der Waals surface area (Å²) in [6.45, 7) is 22.3. The van der Waals surface area contributed by atoms with Crippen LogP contribution in [0.4, 0.5) is 10.1 Å². The number of aromatic nitrogens is 3. The van der Waals surface area contributed by atoms with Gasteiger partial charge in [0.15, 0.2) is 22.3 Å². The zero-order chi connectivity index (χ0) is 28.7. The van der Waals surface area contributed by atoms with Gasteiger partial charge >= 0.3 is 0 Å². The number of hydrogen-bond acceptors (Lipinski definition) is 5. The van der Waals surface area contributed by atoms with E-state index in [9.17, 15) is 9.18 Å². The zero-order valence-corrected chi connectivity index (χ0v) is 26.8. The minimum Gasteiger partial charge on any atom is -0.414 e. The highest BCUT2D eigenvalue weighted by Gasteiger charge is 2.42. The van der Waals surface area contributed by atoms with Crippen LogP contribution in [-0.4, -0.2) is 44.1 Å². The Bertz CT molecular complexity index is 1320. The molecule has 208 valence electrons. The van der Waals surface area contributed by atoms with Crippen LogP contribution in [0.15, 0.2) is 30.5 Å².